The van der Waals surface area contributed by atoms with Crippen LogP contribution in [0.5, 0.6) is 0 Å². The van der Waals surface area contributed by atoms with Gasteiger partial charge in [-0.05, 0) is 34.1 Å². The van der Waals surface area contributed by atoms with Gasteiger partial charge in [-0.2, -0.15) is 0 Å². The van der Waals surface area contributed by atoms with E-state index in [9.17, 15) is 24.6 Å². The van der Waals surface area contributed by atoms with Crippen molar-refractivity contribution in [2.75, 3.05) is 13.2 Å². The highest BCUT2D eigenvalue weighted by atomic mass is 16.6. The van der Waals surface area contributed by atoms with E-state index in [1.165, 1.54) is 18.7 Å². The highest BCUT2D eigenvalue weighted by Crippen LogP contribution is 2.34. The van der Waals surface area contributed by atoms with Crippen LogP contribution in [-0.4, -0.2) is 70.0 Å². The van der Waals surface area contributed by atoms with Crippen LogP contribution in [0.1, 0.15) is 41.0 Å². The molecule has 0 bridgehead atoms. The minimum atomic E-state index is -1.28. The first-order chi connectivity index (χ1) is 11.0. The third-order valence-corrected chi connectivity index (χ3v) is 3.82. The molecule has 2 N–H and O–H groups in total. The van der Waals surface area contributed by atoms with E-state index >= 15 is 0 Å². The number of carbonyl (C=O) groups excluding carboxylic acids is 3. The van der Waals surface area contributed by atoms with Crippen molar-refractivity contribution in [3.05, 3.63) is 0 Å². The largest absolute Gasteiger partial charge is 0.465 e. The molecule has 8 nitrogen and oxygen atoms in total. The molecule has 1 amide bonds. The molecule has 0 radical (unpaired) electrons. The fourth-order valence-corrected chi connectivity index (χ4v) is 2.90. The summed E-state index contributed by atoms with van der Waals surface area (Å²) in [7, 11) is 0. The Morgan fingerprint density at radius 2 is 1.83 bits per heavy atom. The Labute approximate surface area is 141 Å². The number of hydrogen-bond donors (Lipinski definition) is 2. The molecule has 1 fully saturated rings. The van der Waals surface area contributed by atoms with Crippen LogP contribution in [-0.2, 0) is 19.1 Å². The summed E-state index contributed by atoms with van der Waals surface area (Å²) in [6.07, 6.45) is -1.79. The van der Waals surface area contributed by atoms with Crippen LogP contribution in [0.2, 0.25) is 0 Å². The zero-order valence-electron chi connectivity index (χ0n) is 14.8. The van der Waals surface area contributed by atoms with Crippen molar-refractivity contribution in [2.24, 2.45) is 5.92 Å². The number of likely N-dealkylation sites (tertiary alicyclic amines) is 1. The SMILES string of the molecule is CC(=O)OC[C@@H]1C[C@H](C(C)=O)N(C(=O)OC(C)(C)C)[C@H]1C(O)CO. The Morgan fingerprint density at radius 3 is 2.25 bits per heavy atom. The van der Waals surface area contributed by atoms with E-state index in [1.807, 2.05) is 0 Å². The summed E-state index contributed by atoms with van der Waals surface area (Å²) >= 11 is 0. The highest BCUT2D eigenvalue weighted by Gasteiger charge is 2.50. The number of ether oxygens (including phenoxy) is 2. The molecule has 0 aromatic carbocycles. The van der Waals surface area contributed by atoms with E-state index in [4.69, 9.17) is 9.47 Å². The molecule has 1 rings (SSSR count). The molecular formula is C16H27NO7. The number of amides is 1. The summed E-state index contributed by atoms with van der Waals surface area (Å²) in [6, 6.07) is -1.68. The van der Waals surface area contributed by atoms with Crippen LogP contribution >= 0.6 is 0 Å². The lowest BCUT2D eigenvalue weighted by Gasteiger charge is -2.34. The second-order valence-corrected chi connectivity index (χ2v) is 7.05. The lowest BCUT2D eigenvalue weighted by Crippen LogP contribution is -2.53. The van der Waals surface area contributed by atoms with Crippen LogP contribution in [0.3, 0.4) is 0 Å². The molecule has 0 spiro atoms. The number of aliphatic hydroxyl groups excluding tert-OH is 2. The molecule has 8 heteroatoms. The molecule has 0 aromatic rings. The summed E-state index contributed by atoms with van der Waals surface area (Å²) in [5, 5.41) is 19.5. The molecule has 138 valence electrons. The Hall–Kier alpha value is -1.67. The average Bonchev–Trinajstić information content (AvgIpc) is 2.82. The first-order valence-corrected chi connectivity index (χ1v) is 7.92. The van der Waals surface area contributed by atoms with Crippen molar-refractivity contribution in [1.29, 1.82) is 0 Å². The Bertz CT molecular complexity index is 485. The molecule has 1 aliphatic heterocycles. The zero-order chi connectivity index (χ0) is 18.7. The molecule has 24 heavy (non-hydrogen) atoms. The second-order valence-electron chi connectivity index (χ2n) is 7.05. The van der Waals surface area contributed by atoms with E-state index in [1.54, 1.807) is 20.8 Å². The number of Topliss-reactive ketones (excluding diaryl/α,β-unsaturated/α-hetero) is 1. The second kappa shape index (κ2) is 7.94. The number of nitrogens with zero attached hydrogens (tertiary/aromatic N) is 1. The quantitative estimate of drug-likeness (QED) is 0.697. The number of rotatable bonds is 5. The van der Waals surface area contributed by atoms with Gasteiger partial charge in [0.2, 0.25) is 0 Å². The van der Waals surface area contributed by atoms with Gasteiger partial charge in [0.05, 0.1) is 31.4 Å². The summed E-state index contributed by atoms with van der Waals surface area (Å²) in [5.41, 5.74) is -0.777. The molecule has 1 saturated heterocycles. The number of carbonyl (C=O) groups is 3. The minimum absolute atomic E-state index is 0.0554. The van der Waals surface area contributed by atoms with Crippen LogP contribution in [0.4, 0.5) is 4.79 Å². The van der Waals surface area contributed by atoms with Crippen molar-refractivity contribution in [3.8, 4) is 0 Å². The normalized spacial score (nSPS) is 25.3. The van der Waals surface area contributed by atoms with Crippen molar-refractivity contribution in [3.63, 3.8) is 0 Å². The maximum atomic E-state index is 12.5. The van der Waals surface area contributed by atoms with Crippen molar-refractivity contribution >= 4 is 17.8 Å². The van der Waals surface area contributed by atoms with Crippen molar-refractivity contribution in [1.82, 2.24) is 4.90 Å². The maximum absolute atomic E-state index is 12.5. The molecule has 4 atom stereocenters. The standard InChI is InChI=1S/C16H27NO7/c1-9(19)12-6-11(8-23-10(2)20)14(13(21)7-18)17(12)15(22)24-16(3,4)5/h11-14,18,21H,6-8H2,1-5H3/t11-,12+,13?,14+/m0/s1. The Kier molecular flexibility index (Phi) is 6.74. The van der Waals surface area contributed by atoms with Gasteiger partial charge in [0.25, 0.3) is 0 Å². The monoisotopic (exact) mass is 345 g/mol. The Morgan fingerprint density at radius 1 is 1.25 bits per heavy atom. The topological polar surface area (TPSA) is 113 Å². The average molecular weight is 345 g/mol. The van der Waals surface area contributed by atoms with E-state index in [2.05, 4.69) is 0 Å². The lowest BCUT2D eigenvalue weighted by atomic mass is 9.95. The van der Waals surface area contributed by atoms with E-state index in [0.29, 0.717) is 0 Å². The van der Waals surface area contributed by atoms with Crippen LogP contribution in [0.15, 0.2) is 0 Å². The van der Waals surface area contributed by atoms with E-state index < -0.39 is 48.4 Å². The summed E-state index contributed by atoms with van der Waals surface area (Å²) in [4.78, 5) is 36.7. The van der Waals surface area contributed by atoms with Gasteiger partial charge in [0.1, 0.15) is 5.60 Å². The molecule has 0 aromatic heterocycles. The summed E-state index contributed by atoms with van der Waals surface area (Å²) in [6.45, 7) is 7.02. The fraction of sp³-hybridized carbons (Fsp3) is 0.812. The zero-order valence-corrected chi connectivity index (χ0v) is 14.8. The predicted octanol–water partition coefficient (Wildman–Crippen LogP) is 0.486. The van der Waals surface area contributed by atoms with Crippen molar-refractivity contribution < 1.29 is 34.1 Å². The molecule has 1 aliphatic rings. The number of hydrogen-bond acceptors (Lipinski definition) is 7. The number of esters is 1. The molecule has 1 unspecified atom stereocenters. The first-order valence-electron chi connectivity index (χ1n) is 7.92. The van der Waals surface area contributed by atoms with Gasteiger partial charge in [0.15, 0.2) is 5.78 Å². The molecule has 1 heterocycles. The van der Waals surface area contributed by atoms with Gasteiger partial charge in [-0.25, -0.2) is 4.79 Å². The molecule has 0 aliphatic carbocycles. The van der Waals surface area contributed by atoms with E-state index in [0.717, 1.165) is 0 Å². The van der Waals surface area contributed by atoms with Crippen molar-refractivity contribution in [2.45, 2.75) is 64.8 Å². The van der Waals surface area contributed by atoms with Crippen LogP contribution in [0.25, 0.3) is 0 Å². The van der Waals surface area contributed by atoms with Gasteiger partial charge in [-0.15, -0.1) is 0 Å². The van der Waals surface area contributed by atoms with E-state index in [-0.39, 0.29) is 18.8 Å². The number of ketones is 1. The Balaban J connectivity index is 3.12. The minimum Gasteiger partial charge on any atom is -0.465 e. The van der Waals surface area contributed by atoms with Gasteiger partial charge < -0.3 is 19.7 Å². The number of aliphatic hydroxyl groups is 2. The highest BCUT2D eigenvalue weighted by molar-refractivity contribution is 5.86. The van der Waals surface area contributed by atoms with Gasteiger partial charge in [-0.1, -0.05) is 0 Å². The maximum Gasteiger partial charge on any atom is 0.411 e. The third-order valence-electron chi connectivity index (χ3n) is 3.82. The van der Waals surface area contributed by atoms with Crippen LogP contribution < -0.4 is 0 Å². The summed E-state index contributed by atoms with van der Waals surface area (Å²) in [5.74, 6) is -1.24. The lowest BCUT2D eigenvalue weighted by molar-refractivity contribution is -0.143. The molecule has 0 saturated carbocycles. The first kappa shape index (κ1) is 20.4. The molecular weight excluding hydrogens is 318 g/mol. The van der Waals surface area contributed by atoms with Gasteiger partial charge in [-0.3, -0.25) is 14.5 Å². The summed E-state index contributed by atoms with van der Waals surface area (Å²) < 4.78 is 10.3. The smallest absolute Gasteiger partial charge is 0.411 e. The van der Waals surface area contributed by atoms with Gasteiger partial charge in [0, 0.05) is 12.8 Å². The third kappa shape index (κ3) is 5.17. The van der Waals surface area contributed by atoms with Gasteiger partial charge >= 0.3 is 12.1 Å². The predicted molar refractivity (Wildman–Crippen MR) is 84.2 cm³/mol. The van der Waals surface area contributed by atoms with Crippen LogP contribution in [0, 0.1) is 5.92 Å². The fourth-order valence-electron chi connectivity index (χ4n) is 2.90.